The minimum atomic E-state index is -3.66. The van der Waals surface area contributed by atoms with E-state index in [-0.39, 0.29) is 23.5 Å². The van der Waals surface area contributed by atoms with E-state index in [9.17, 15) is 13.2 Å². The number of fused-ring (bicyclic) bond motifs is 1. The zero-order valence-electron chi connectivity index (χ0n) is 19.0. The number of carbonyl (C=O) groups is 1. The highest BCUT2D eigenvalue weighted by Crippen LogP contribution is 2.26. The van der Waals surface area contributed by atoms with E-state index in [1.165, 1.54) is 12.1 Å². The highest BCUT2D eigenvalue weighted by atomic mass is 32.2. The SMILES string of the molecule is O=C(Nc1ccc(S(=O)(=O)NCC2CCCO2)cc1)c1cc(-c2ccccc2)nc2ccccc12. The van der Waals surface area contributed by atoms with Gasteiger partial charge in [0.15, 0.2) is 0 Å². The Balaban J connectivity index is 1.36. The van der Waals surface area contributed by atoms with Gasteiger partial charge in [0, 0.05) is 29.8 Å². The Morgan fingerprint density at radius 2 is 1.71 bits per heavy atom. The quantitative estimate of drug-likeness (QED) is 0.397. The molecule has 8 heteroatoms. The Hall–Kier alpha value is -3.59. The van der Waals surface area contributed by atoms with Gasteiger partial charge in [-0.25, -0.2) is 18.1 Å². The Morgan fingerprint density at radius 1 is 0.971 bits per heavy atom. The summed E-state index contributed by atoms with van der Waals surface area (Å²) in [5.41, 5.74) is 3.32. The topological polar surface area (TPSA) is 97.4 Å². The van der Waals surface area contributed by atoms with E-state index in [0.717, 1.165) is 29.3 Å². The van der Waals surface area contributed by atoms with Crippen molar-refractivity contribution < 1.29 is 17.9 Å². The van der Waals surface area contributed by atoms with Crippen LogP contribution in [-0.4, -0.2) is 38.6 Å². The van der Waals surface area contributed by atoms with E-state index >= 15 is 0 Å². The van der Waals surface area contributed by atoms with Crippen molar-refractivity contribution in [2.45, 2.75) is 23.8 Å². The molecule has 1 aliphatic heterocycles. The molecule has 1 unspecified atom stereocenters. The lowest BCUT2D eigenvalue weighted by Gasteiger charge is -2.13. The summed E-state index contributed by atoms with van der Waals surface area (Å²) in [6.07, 6.45) is 1.71. The predicted octanol–water partition coefficient (Wildman–Crippen LogP) is 4.61. The van der Waals surface area contributed by atoms with Gasteiger partial charge in [0.1, 0.15) is 0 Å². The maximum absolute atomic E-state index is 13.3. The molecule has 1 amide bonds. The molecular formula is C27H25N3O4S. The average molecular weight is 488 g/mol. The number of amides is 1. The third-order valence-electron chi connectivity index (χ3n) is 5.98. The largest absolute Gasteiger partial charge is 0.377 e. The van der Waals surface area contributed by atoms with Crippen molar-refractivity contribution in [1.82, 2.24) is 9.71 Å². The standard InChI is InChI=1S/C27H25N3O4S/c31-27(24-17-26(19-7-2-1-3-8-19)30-25-11-5-4-10-23(24)25)29-20-12-14-22(15-13-20)35(32,33)28-18-21-9-6-16-34-21/h1-5,7-8,10-15,17,21,28H,6,9,16,18H2,(H,29,31). The van der Waals surface area contributed by atoms with Crippen LogP contribution in [0.5, 0.6) is 0 Å². The molecule has 0 radical (unpaired) electrons. The van der Waals surface area contributed by atoms with E-state index in [2.05, 4.69) is 10.0 Å². The van der Waals surface area contributed by atoms with E-state index in [0.29, 0.717) is 23.6 Å². The van der Waals surface area contributed by atoms with Gasteiger partial charge in [-0.2, -0.15) is 0 Å². The molecule has 178 valence electrons. The molecule has 35 heavy (non-hydrogen) atoms. The molecule has 1 atom stereocenters. The first-order valence-corrected chi connectivity index (χ1v) is 13.0. The summed E-state index contributed by atoms with van der Waals surface area (Å²) in [5.74, 6) is -0.298. The highest BCUT2D eigenvalue weighted by Gasteiger charge is 2.20. The summed E-state index contributed by atoms with van der Waals surface area (Å²) in [5, 5.41) is 3.62. The summed E-state index contributed by atoms with van der Waals surface area (Å²) < 4.78 is 33.3. The summed E-state index contributed by atoms with van der Waals surface area (Å²) in [7, 11) is -3.66. The minimum Gasteiger partial charge on any atom is -0.377 e. The normalized spacial score (nSPS) is 15.8. The molecule has 3 aromatic carbocycles. The molecular weight excluding hydrogens is 462 g/mol. The van der Waals surface area contributed by atoms with Crippen molar-refractivity contribution in [2.75, 3.05) is 18.5 Å². The van der Waals surface area contributed by atoms with Crippen molar-refractivity contribution in [3.63, 3.8) is 0 Å². The number of para-hydroxylation sites is 1. The van der Waals surface area contributed by atoms with Gasteiger partial charge in [0.2, 0.25) is 10.0 Å². The number of benzene rings is 3. The van der Waals surface area contributed by atoms with E-state index in [1.807, 2.05) is 54.6 Å². The lowest BCUT2D eigenvalue weighted by atomic mass is 10.0. The fourth-order valence-corrected chi connectivity index (χ4v) is 5.19. The van der Waals surface area contributed by atoms with Crippen molar-refractivity contribution in [1.29, 1.82) is 0 Å². The smallest absolute Gasteiger partial charge is 0.256 e. The Morgan fingerprint density at radius 3 is 2.46 bits per heavy atom. The van der Waals surface area contributed by atoms with Crippen LogP contribution < -0.4 is 10.0 Å². The van der Waals surface area contributed by atoms with Gasteiger partial charge < -0.3 is 10.1 Å². The lowest BCUT2D eigenvalue weighted by Crippen LogP contribution is -2.31. The number of pyridine rings is 1. The number of carbonyl (C=O) groups excluding carboxylic acids is 1. The van der Waals surface area contributed by atoms with Gasteiger partial charge in [0.05, 0.1) is 27.8 Å². The summed E-state index contributed by atoms with van der Waals surface area (Å²) >= 11 is 0. The van der Waals surface area contributed by atoms with Gasteiger partial charge in [-0.05, 0) is 49.2 Å². The average Bonchev–Trinajstić information content (AvgIpc) is 3.42. The number of ether oxygens (including phenoxy) is 1. The molecule has 7 nitrogen and oxygen atoms in total. The van der Waals surface area contributed by atoms with Crippen LogP contribution in [0.15, 0.2) is 89.8 Å². The van der Waals surface area contributed by atoms with Crippen LogP contribution >= 0.6 is 0 Å². The Bertz CT molecular complexity index is 1450. The monoisotopic (exact) mass is 487 g/mol. The molecule has 1 fully saturated rings. The molecule has 1 aromatic heterocycles. The highest BCUT2D eigenvalue weighted by molar-refractivity contribution is 7.89. The second kappa shape index (κ2) is 9.95. The second-order valence-corrected chi connectivity index (χ2v) is 10.2. The third kappa shape index (κ3) is 5.24. The lowest BCUT2D eigenvalue weighted by molar-refractivity contribution is 0.102. The van der Waals surface area contributed by atoms with Crippen LogP contribution in [0.25, 0.3) is 22.2 Å². The van der Waals surface area contributed by atoms with Gasteiger partial charge >= 0.3 is 0 Å². The number of nitrogens with one attached hydrogen (secondary N) is 2. The predicted molar refractivity (Wildman–Crippen MR) is 136 cm³/mol. The Kier molecular flexibility index (Phi) is 6.59. The molecule has 2 heterocycles. The molecule has 0 saturated carbocycles. The van der Waals surface area contributed by atoms with Gasteiger partial charge in [-0.3, -0.25) is 4.79 Å². The van der Waals surface area contributed by atoms with Crippen molar-refractivity contribution in [3.05, 3.63) is 90.5 Å². The molecule has 0 aliphatic carbocycles. The maximum atomic E-state index is 13.3. The first kappa shape index (κ1) is 23.2. The zero-order valence-corrected chi connectivity index (χ0v) is 19.8. The van der Waals surface area contributed by atoms with Gasteiger partial charge in [-0.1, -0.05) is 48.5 Å². The fraction of sp³-hybridized carbons (Fsp3) is 0.185. The number of hydrogen-bond donors (Lipinski definition) is 2. The summed E-state index contributed by atoms with van der Waals surface area (Å²) in [4.78, 5) is 18.1. The summed E-state index contributed by atoms with van der Waals surface area (Å²) in [6.45, 7) is 0.917. The van der Waals surface area contributed by atoms with Crippen molar-refractivity contribution in [3.8, 4) is 11.3 Å². The van der Waals surface area contributed by atoms with E-state index < -0.39 is 10.0 Å². The zero-order chi connectivity index (χ0) is 24.3. The summed E-state index contributed by atoms with van der Waals surface area (Å²) in [6, 6.07) is 25.1. The van der Waals surface area contributed by atoms with E-state index in [1.54, 1.807) is 18.2 Å². The van der Waals surface area contributed by atoms with Crippen LogP contribution in [-0.2, 0) is 14.8 Å². The number of nitrogens with zero attached hydrogens (tertiary/aromatic N) is 1. The van der Waals surface area contributed by atoms with Crippen molar-refractivity contribution in [2.24, 2.45) is 0 Å². The molecule has 1 aliphatic rings. The Labute approximate surface area is 204 Å². The first-order valence-electron chi connectivity index (χ1n) is 11.5. The maximum Gasteiger partial charge on any atom is 0.256 e. The minimum absolute atomic E-state index is 0.0840. The van der Waals surface area contributed by atoms with Gasteiger partial charge in [0.25, 0.3) is 5.91 Å². The van der Waals surface area contributed by atoms with Crippen molar-refractivity contribution >= 4 is 32.5 Å². The molecule has 2 N–H and O–H groups in total. The molecule has 0 spiro atoms. The van der Waals surface area contributed by atoms with Crippen LogP contribution in [0.2, 0.25) is 0 Å². The number of aromatic nitrogens is 1. The molecule has 0 bridgehead atoms. The molecule has 4 aromatic rings. The molecule has 5 rings (SSSR count). The van der Waals surface area contributed by atoms with E-state index in [4.69, 9.17) is 9.72 Å². The van der Waals surface area contributed by atoms with Crippen LogP contribution in [0.1, 0.15) is 23.2 Å². The van der Waals surface area contributed by atoms with Gasteiger partial charge in [-0.15, -0.1) is 0 Å². The third-order valence-corrected chi connectivity index (χ3v) is 7.42. The van der Waals surface area contributed by atoms with Crippen LogP contribution in [0, 0.1) is 0 Å². The number of hydrogen-bond acceptors (Lipinski definition) is 5. The van der Waals surface area contributed by atoms with Crippen LogP contribution in [0.4, 0.5) is 5.69 Å². The second-order valence-electron chi connectivity index (χ2n) is 8.40. The fourth-order valence-electron chi connectivity index (χ4n) is 4.13. The number of sulfonamides is 1. The molecule has 1 saturated heterocycles. The van der Waals surface area contributed by atoms with Crippen LogP contribution in [0.3, 0.4) is 0 Å². The first-order chi connectivity index (χ1) is 17.0. The number of anilines is 1. The number of rotatable bonds is 7.